The molecule has 5 aromatic rings. The normalized spacial score (nSPS) is 13.5. The van der Waals surface area contributed by atoms with Crippen LogP contribution in [-0.4, -0.2) is 42.9 Å². The van der Waals surface area contributed by atoms with Crippen molar-refractivity contribution >= 4 is 34.2 Å². The van der Waals surface area contributed by atoms with E-state index in [1.165, 1.54) is 0 Å². The second-order valence-corrected chi connectivity index (χ2v) is 9.37. The van der Waals surface area contributed by atoms with Crippen molar-refractivity contribution in [1.29, 1.82) is 0 Å². The number of nitrogens with zero attached hydrogens (tertiary/aromatic N) is 2. The molecule has 2 heterocycles. The van der Waals surface area contributed by atoms with Crippen molar-refractivity contribution in [2.24, 2.45) is 0 Å². The fourth-order valence-corrected chi connectivity index (χ4v) is 4.81. The molecular weight excluding hydrogens is 474 g/mol. The van der Waals surface area contributed by atoms with Crippen molar-refractivity contribution < 1.29 is 14.0 Å². The lowest BCUT2D eigenvalue weighted by Crippen LogP contribution is -2.48. The Morgan fingerprint density at radius 3 is 2.05 bits per heavy atom. The van der Waals surface area contributed by atoms with Crippen LogP contribution in [0.3, 0.4) is 0 Å². The van der Waals surface area contributed by atoms with Crippen molar-refractivity contribution in [3.8, 4) is 11.1 Å². The monoisotopic (exact) mass is 501 g/mol. The Morgan fingerprint density at radius 1 is 0.684 bits per heavy atom. The average molecular weight is 502 g/mol. The fourth-order valence-electron chi connectivity index (χ4n) is 4.81. The number of rotatable bonds is 5. The van der Waals surface area contributed by atoms with Gasteiger partial charge >= 0.3 is 0 Å². The number of hydrogen-bond donors (Lipinski definition) is 1. The van der Waals surface area contributed by atoms with Crippen molar-refractivity contribution in [2.75, 3.05) is 36.4 Å². The molecule has 1 aliphatic heterocycles. The molecule has 6 rings (SSSR count). The highest BCUT2D eigenvalue weighted by Gasteiger charge is 2.24. The van der Waals surface area contributed by atoms with Gasteiger partial charge in [0.25, 0.3) is 11.8 Å². The zero-order chi connectivity index (χ0) is 25.9. The molecular formula is C32H27N3O3. The molecule has 0 saturated carbocycles. The minimum Gasteiger partial charge on any atom is -0.451 e. The smallest absolute Gasteiger partial charge is 0.289 e. The van der Waals surface area contributed by atoms with Crippen LogP contribution in [0.1, 0.15) is 20.9 Å². The molecule has 0 bridgehead atoms. The minimum absolute atomic E-state index is 0.0734. The highest BCUT2D eigenvalue weighted by molar-refractivity contribution is 6.04. The van der Waals surface area contributed by atoms with Crippen LogP contribution in [0.15, 0.2) is 114 Å². The van der Waals surface area contributed by atoms with Gasteiger partial charge in [0.15, 0.2) is 5.76 Å². The molecule has 188 valence electrons. The number of carbonyl (C=O) groups excluding carboxylic acids is 2. The topological polar surface area (TPSA) is 65.8 Å². The molecule has 0 spiro atoms. The van der Waals surface area contributed by atoms with Crippen molar-refractivity contribution in [2.45, 2.75) is 0 Å². The summed E-state index contributed by atoms with van der Waals surface area (Å²) in [6, 6.07) is 35.0. The summed E-state index contributed by atoms with van der Waals surface area (Å²) in [7, 11) is 0. The zero-order valence-electron chi connectivity index (χ0n) is 20.8. The van der Waals surface area contributed by atoms with E-state index < -0.39 is 0 Å². The SMILES string of the molecule is O=C(Nc1ccc(N2CCN(C(=O)c3cc4ccccc4o3)CC2)cc1)c1ccc(-c2ccccc2)cc1. The van der Waals surface area contributed by atoms with Crippen LogP contribution in [0.4, 0.5) is 11.4 Å². The summed E-state index contributed by atoms with van der Waals surface area (Å²) in [5, 5.41) is 3.91. The molecule has 1 saturated heterocycles. The molecule has 0 aliphatic carbocycles. The van der Waals surface area contributed by atoms with Gasteiger partial charge in [-0.1, -0.05) is 60.7 Å². The Balaban J connectivity index is 1.04. The Bertz CT molecular complexity index is 1530. The van der Waals surface area contributed by atoms with E-state index in [0.29, 0.717) is 24.4 Å². The molecule has 1 N–H and O–H groups in total. The van der Waals surface area contributed by atoms with Gasteiger partial charge in [0.2, 0.25) is 0 Å². The third kappa shape index (κ3) is 4.89. The number of furan rings is 1. The molecule has 1 aromatic heterocycles. The van der Waals surface area contributed by atoms with Gasteiger partial charge in [-0.15, -0.1) is 0 Å². The fraction of sp³-hybridized carbons (Fsp3) is 0.125. The largest absolute Gasteiger partial charge is 0.451 e. The van der Waals surface area contributed by atoms with Gasteiger partial charge < -0.3 is 19.5 Å². The number of fused-ring (bicyclic) bond motifs is 1. The first-order valence-electron chi connectivity index (χ1n) is 12.7. The maximum Gasteiger partial charge on any atom is 0.289 e. The predicted molar refractivity (Wildman–Crippen MR) is 151 cm³/mol. The lowest BCUT2D eigenvalue weighted by Gasteiger charge is -2.35. The summed E-state index contributed by atoms with van der Waals surface area (Å²) >= 11 is 0. The Hall–Kier alpha value is -4.84. The van der Waals surface area contributed by atoms with E-state index in [1.807, 2.05) is 102 Å². The lowest BCUT2D eigenvalue weighted by molar-refractivity contribution is 0.0717. The molecule has 6 nitrogen and oxygen atoms in total. The molecule has 38 heavy (non-hydrogen) atoms. The number of piperazine rings is 1. The second-order valence-electron chi connectivity index (χ2n) is 9.37. The predicted octanol–water partition coefficient (Wildman–Crippen LogP) is 6.31. The lowest BCUT2D eigenvalue weighted by atomic mass is 10.0. The number of para-hydroxylation sites is 1. The molecule has 1 aliphatic rings. The van der Waals surface area contributed by atoms with Crippen molar-refractivity contribution in [1.82, 2.24) is 4.90 Å². The van der Waals surface area contributed by atoms with Gasteiger partial charge in [0.1, 0.15) is 5.58 Å². The molecule has 1 fully saturated rings. The van der Waals surface area contributed by atoms with Crippen molar-refractivity contribution in [3.63, 3.8) is 0 Å². The molecule has 6 heteroatoms. The quantitative estimate of drug-likeness (QED) is 0.306. The standard InChI is InChI=1S/C32H27N3O3/c36-31(25-12-10-24(11-13-25)23-6-2-1-3-7-23)33-27-14-16-28(17-15-27)34-18-20-35(21-19-34)32(37)30-22-26-8-4-5-9-29(26)38-30/h1-17,22H,18-21H2,(H,33,36). The van der Waals surface area contributed by atoms with Gasteiger partial charge in [0.05, 0.1) is 0 Å². The van der Waals surface area contributed by atoms with Gasteiger partial charge in [0, 0.05) is 48.5 Å². The van der Waals surface area contributed by atoms with Crippen LogP contribution in [0.2, 0.25) is 0 Å². The Labute approximate surface area is 221 Å². The zero-order valence-corrected chi connectivity index (χ0v) is 20.8. The van der Waals surface area contributed by atoms with Gasteiger partial charge in [-0.3, -0.25) is 9.59 Å². The molecule has 2 amide bonds. The highest BCUT2D eigenvalue weighted by Crippen LogP contribution is 2.24. The van der Waals surface area contributed by atoms with E-state index in [9.17, 15) is 9.59 Å². The summed E-state index contributed by atoms with van der Waals surface area (Å²) in [5.41, 5.74) is 5.33. The minimum atomic E-state index is -0.143. The summed E-state index contributed by atoms with van der Waals surface area (Å²) in [6.45, 7) is 2.69. The number of hydrogen-bond acceptors (Lipinski definition) is 4. The number of amides is 2. The van der Waals surface area contributed by atoms with E-state index in [4.69, 9.17) is 4.42 Å². The van der Waals surface area contributed by atoms with Crippen LogP contribution in [0.5, 0.6) is 0 Å². The van der Waals surface area contributed by atoms with Gasteiger partial charge in [-0.25, -0.2) is 0 Å². The molecule has 0 radical (unpaired) electrons. The van der Waals surface area contributed by atoms with Crippen molar-refractivity contribution in [3.05, 3.63) is 121 Å². The maximum atomic E-state index is 12.9. The number of nitrogens with one attached hydrogen (secondary N) is 1. The first-order chi connectivity index (χ1) is 18.6. The third-order valence-electron chi connectivity index (χ3n) is 6.95. The average Bonchev–Trinajstić information content (AvgIpc) is 3.42. The van der Waals surface area contributed by atoms with Crippen LogP contribution in [0.25, 0.3) is 22.1 Å². The second kappa shape index (κ2) is 10.3. The number of anilines is 2. The first-order valence-corrected chi connectivity index (χ1v) is 12.7. The van der Waals surface area contributed by atoms with Crippen LogP contribution >= 0.6 is 0 Å². The number of benzene rings is 4. The van der Waals surface area contributed by atoms with Crippen LogP contribution in [0, 0.1) is 0 Å². The van der Waals surface area contributed by atoms with Crippen LogP contribution in [-0.2, 0) is 0 Å². The first kappa shape index (κ1) is 23.6. The van der Waals surface area contributed by atoms with E-state index in [-0.39, 0.29) is 11.8 Å². The van der Waals surface area contributed by atoms with Crippen LogP contribution < -0.4 is 10.2 Å². The molecule has 0 unspecified atom stereocenters. The van der Waals surface area contributed by atoms with Gasteiger partial charge in [-0.05, 0) is 59.7 Å². The van der Waals surface area contributed by atoms with Gasteiger partial charge in [-0.2, -0.15) is 0 Å². The molecule has 4 aromatic carbocycles. The Kier molecular flexibility index (Phi) is 6.36. The van der Waals surface area contributed by atoms with E-state index in [2.05, 4.69) is 22.3 Å². The van der Waals surface area contributed by atoms with E-state index in [1.54, 1.807) is 0 Å². The third-order valence-corrected chi connectivity index (χ3v) is 6.95. The molecule has 0 atom stereocenters. The van der Waals surface area contributed by atoms with E-state index >= 15 is 0 Å². The Morgan fingerprint density at radius 2 is 1.34 bits per heavy atom. The summed E-state index contributed by atoms with van der Waals surface area (Å²) < 4.78 is 5.76. The number of carbonyl (C=O) groups is 2. The highest BCUT2D eigenvalue weighted by atomic mass is 16.3. The maximum absolute atomic E-state index is 12.9. The van der Waals surface area contributed by atoms with E-state index in [0.717, 1.165) is 46.6 Å². The summed E-state index contributed by atoms with van der Waals surface area (Å²) in [6.07, 6.45) is 0. The summed E-state index contributed by atoms with van der Waals surface area (Å²) in [4.78, 5) is 29.8. The summed E-state index contributed by atoms with van der Waals surface area (Å²) in [5.74, 6) is 0.167.